The van der Waals surface area contributed by atoms with Gasteiger partial charge in [0.05, 0.1) is 5.69 Å². The first kappa shape index (κ1) is 16.3. The highest BCUT2D eigenvalue weighted by atomic mass is 16.2. The first-order valence-corrected chi connectivity index (χ1v) is 9.18. The minimum Gasteiger partial charge on any atom is -0.340 e. The summed E-state index contributed by atoms with van der Waals surface area (Å²) < 4.78 is 0. The van der Waals surface area contributed by atoms with Gasteiger partial charge < -0.3 is 4.90 Å². The fraction of sp³-hybridized carbons (Fsp3) is 0.429. The van der Waals surface area contributed by atoms with Crippen LogP contribution in [0.3, 0.4) is 0 Å². The molecule has 0 N–H and O–H groups in total. The Morgan fingerprint density at radius 2 is 1.96 bits per heavy atom. The molecule has 2 aromatic rings. The number of aryl methyl sites for hydroxylation is 1. The van der Waals surface area contributed by atoms with Gasteiger partial charge in [-0.1, -0.05) is 35.9 Å². The van der Waals surface area contributed by atoms with Crippen LogP contribution in [0.5, 0.6) is 0 Å². The molecule has 1 aromatic heterocycles. The highest BCUT2D eigenvalue weighted by molar-refractivity contribution is 5.83. The van der Waals surface area contributed by atoms with Gasteiger partial charge in [0, 0.05) is 44.8 Å². The van der Waals surface area contributed by atoms with Crippen LogP contribution in [0.4, 0.5) is 0 Å². The highest BCUT2D eigenvalue weighted by Gasteiger charge is 2.46. The van der Waals surface area contributed by atoms with E-state index in [9.17, 15) is 4.79 Å². The number of carbonyl (C=O) groups is 1. The average molecular weight is 335 g/mol. The van der Waals surface area contributed by atoms with Gasteiger partial charge in [-0.15, -0.1) is 0 Å². The standard InChI is InChI=1S/C21H25N3O/c1-16-5-4-6-17(13-16)19-14-20(19)21(25)24-11-9-23(10-12-24)15-18-7-2-3-8-22-18/h2-8,13,19-20H,9-12,14-15H2,1H3/t19-,20-/m0/s1. The molecule has 4 rings (SSSR count). The molecule has 4 heteroatoms. The molecule has 2 aliphatic rings. The molecule has 0 bridgehead atoms. The van der Waals surface area contributed by atoms with Crippen molar-refractivity contribution in [1.82, 2.24) is 14.8 Å². The van der Waals surface area contributed by atoms with Crippen molar-refractivity contribution < 1.29 is 4.79 Å². The Balaban J connectivity index is 1.29. The summed E-state index contributed by atoms with van der Waals surface area (Å²) in [6.45, 7) is 6.53. The SMILES string of the molecule is Cc1cccc([C@@H]2C[C@@H]2C(=O)N2CCN(Cc3ccccn3)CC2)c1. The van der Waals surface area contributed by atoms with Crippen LogP contribution in [0, 0.1) is 12.8 Å². The third-order valence-corrected chi connectivity index (χ3v) is 5.37. The topological polar surface area (TPSA) is 36.4 Å². The lowest BCUT2D eigenvalue weighted by atomic mass is 10.1. The summed E-state index contributed by atoms with van der Waals surface area (Å²) in [5.41, 5.74) is 3.70. The Morgan fingerprint density at radius 3 is 2.68 bits per heavy atom. The van der Waals surface area contributed by atoms with Gasteiger partial charge in [-0.05, 0) is 37.0 Å². The van der Waals surface area contributed by atoms with Crippen LogP contribution in [0.25, 0.3) is 0 Å². The van der Waals surface area contributed by atoms with E-state index in [1.807, 2.05) is 18.3 Å². The average Bonchev–Trinajstić information content (AvgIpc) is 3.43. The maximum absolute atomic E-state index is 12.8. The zero-order valence-corrected chi connectivity index (χ0v) is 14.8. The predicted molar refractivity (Wildman–Crippen MR) is 98.1 cm³/mol. The molecular weight excluding hydrogens is 310 g/mol. The van der Waals surface area contributed by atoms with Crippen molar-refractivity contribution in [2.45, 2.75) is 25.8 Å². The third-order valence-electron chi connectivity index (χ3n) is 5.37. The lowest BCUT2D eigenvalue weighted by Gasteiger charge is -2.34. The molecule has 1 aliphatic carbocycles. The minimum absolute atomic E-state index is 0.198. The second-order valence-corrected chi connectivity index (χ2v) is 7.29. The summed E-state index contributed by atoms with van der Waals surface area (Å²) in [5.74, 6) is 0.979. The normalized spacial score (nSPS) is 23.5. The monoisotopic (exact) mass is 335 g/mol. The van der Waals surface area contributed by atoms with E-state index in [2.05, 4.69) is 52.0 Å². The van der Waals surface area contributed by atoms with E-state index in [1.54, 1.807) is 0 Å². The maximum Gasteiger partial charge on any atom is 0.226 e. The zero-order chi connectivity index (χ0) is 17.2. The van der Waals surface area contributed by atoms with Crippen LogP contribution in [0.15, 0.2) is 48.7 Å². The fourth-order valence-corrected chi connectivity index (χ4v) is 3.82. The van der Waals surface area contributed by atoms with Gasteiger partial charge in [0.2, 0.25) is 5.91 Å². The number of piperazine rings is 1. The fourth-order valence-electron chi connectivity index (χ4n) is 3.82. The van der Waals surface area contributed by atoms with E-state index in [-0.39, 0.29) is 5.92 Å². The summed E-state index contributed by atoms with van der Waals surface area (Å²) >= 11 is 0. The van der Waals surface area contributed by atoms with Crippen LogP contribution in [-0.2, 0) is 11.3 Å². The lowest BCUT2D eigenvalue weighted by molar-refractivity contribution is -0.134. The van der Waals surface area contributed by atoms with Crippen molar-refractivity contribution in [2.24, 2.45) is 5.92 Å². The van der Waals surface area contributed by atoms with Crippen LogP contribution < -0.4 is 0 Å². The number of pyridine rings is 1. The minimum atomic E-state index is 0.198. The van der Waals surface area contributed by atoms with Gasteiger partial charge >= 0.3 is 0 Å². The number of carbonyl (C=O) groups excluding carboxylic acids is 1. The van der Waals surface area contributed by atoms with Crippen molar-refractivity contribution in [2.75, 3.05) is 26.2 Å². The van der Waals surface area contributed by atoms with Gasteiger partial charge in [0.1, 0.15) is 0 Å². The Bertz CT molecular complexity index is 738. The molecule has 4 nitrogen and oxygen atoms in total. The molecular formula is C21H25N3O. The molecule has 1 aromatic carbocycles. The maximum atomic E-state index is 12.8. The summed E-state index contributed by atoms with van der Waals surface area (Å²) in [7, 11) is 0. The lowest BCUT2D eigenvalue weighted by Crippen LogP contribution is -2.48. The molecule has 0 radical (unpaired) electrons. The molecule has 2 heterocycles. The summed E-state index contributed by atoms with van der Waals surface area (Å²) in [5, 5.41) is 0. The van der Waals surface area contributed by atoms with E-state index in [1.165, 1.54) is 11.1 Å². The third kappa shape index (κ3) is 3.74. The van der Waals surface area contributed by atoms with Crippen LogP contribution in [0.1, 0.15) is 29.2 Å². The van der Waals surface area contributed by atoms with Crippen LogP contribution in [-0.4, -0.2) is 46.9 Å². The van der Waals surface area contributed by atoms with Crippen molar-refractivity contribution >= 4 is 5.91 Å². The molecule has 0 spiro atoms. The van der Waals surface area contributed by atoms with Crippen molar-refractivity contribution in [3.8, 4) is 0 Å². The molecule has 0 unspecified atom stereocenters. The number of benzene rings is 1. The second kappa shape index (κ2) is 6.96. The smallest absolute Gasteiger partial charge is 0.226 e. The molecule has 130 valence electrons. The van der Waals surface area contributed by atoms with E-state index < -0.39 is 0 Å². The number of amides is 1. The van der Waals surface area contributed by atoms with Crippen molar-refractivity contribution in [3.63, 3.8) is 0 Å². The summed E-state index contributed by atoms with van der Waals surface area (Å²) in [6.07, 6.45) is 2.85. The Hall–Kier alpha value is -2.20. The van der Waals surface area contributed by atoms with Gasteiger partial charge in [-0.25, -0.2) is 0 Å². The second-order valence-electron chi connectivity index (χ2n) is 7.29. The quantitative estimate of drug-likeness (QED) is 0.862. The number of nitrogens with zero attached hydrogens (tertiary/aromatic N) is 3. The van der Waals surface area contributed by atoms with Crippen molar-refractivity contribution in [3.05, 3.63) is 65.5 Å². The van der Waals surface area contributed by atoms with Gasteiger partial charge in [0.25, 0.3) is 0 Å². The highest BCUT2D eigenvalue weighted by Crippen LogP contribution is 2.48. The Kier molecular flexibility index (Phi) is 4.53. The van der Waals surface area contributed by atoms with Gasteiger partial charge in [-0.3, -0.25) is 14.7 Å². The van der Waals surface area contributed by atoms with Gasteiger partial charge in [0.15, 0.2) is 0 Å². The Morgan fingerprint density at radius 1 is 1.12 bits per heavy atom. The molecule has 1 saturated heterocycles. The summed E-state index contributed by atoms with van der Waals surface area (Å²) in [6, 6.07) is 14.6. The number of aromatic nitrogens is 1. The van der Waals surface area contributed by atoms with Crippen molar-refractivity contribution in [1.29, 1.82) is 0 Å². The predicted octanol–water partition coefficient (Wildman–Crippen LogP) is 2.84. The van der Waals surface area contributed by atoms with E-state index in [4.69, 9.17) is 0 Å². The number of hydrogen-bond acceptors (Lipinski definition) is 3. The molecule has 2 atom stereocenters. The zero-order valence-electron chi connectivity index (χ0n) is 14.8. The van der Waals surface area contributed by atoms with Gasteiger partial charge in [-0.2, -0.15) is 0 Å². The van der Waals surface area contributed by atoms with E-state index in [0.29, 0.717) is 11.8 Å². The number of hydrogen-bond donors (Lipinski definition) is 0. The molecule has 25 heavy (non-hydrogen) atoms. The molecule has 1 saturated carbocycles. The number of rotatable bonds is 4. The van der Waals surface area contributed by atoms with E-state index >= 15 is 0 Å². The Labute approximate surface area is 149 Å². The first-order valence-electron chi connectivity index (χ1n) is 9.18. The summed E-state index contributed by atoms with van der Waals surface area (Å²) in [4.78, 5) is 21.6. The molecule has 2 fully saturated rings. The molecule has 1 aliphatic heterocycles. The van der Waals surface area contributed by atoms with Crippen LogP contribution in [0.2, 0.25) is 0 Å². The molecule has 1 amide bonds. The first-order chi connectivity index (χ1) is 12.2. The van der Waals surface area contributed by atoms with E-state index in [0.717, 1.165) is 44.8 Å². The van der Waals surface area contributed by atoms with Crippen LogP contribution >= 0.6 is 0 Å². The largest absolute Gasteiger partial charge is 0.340 e.